The van der Waals surface area contributed by atoms with E-state index in [9.17, 15) is 10.2 Å². The summed E-state index contributed by atoms with van der Waals surface area (Å²) in [6, 6.07) is 0. The van der Waals surface area contributed by atoms with Crippen molar-refractivity contribution in [3.63, 3.8) is 0 Å². The largest absolute Gasteiger partial charge is 0.393 e. The highest BCUT2D eigenvalue weighted by Gasteiger charge is 2.26. The van der Waals surface area contributed by atoms with Crippen molar-refractivity contribution in [1.29, 1.82) is 0 Å². The van der Waals surface area contributed by atoms with Crippen LogP contribution >= 0.6 is 0 Å². The van der Waals surface area contributed by atoms with Gasteiger partial charge in [-0.25, -0.2) is 0 Å². The molecule has 1 saturated carbocycles. The smallest absolute Gasteiger partial charge is 0.0897 e. The lowest BCUT2D eigenvalue weighted by Crippen LogP contribution is -2.39. The Morgan fingerprint density at radius 2 is 2.00 bits per heavy atom. The van der Waals surface area contributed by atoms with Crippen LogP contribution in [0.5, 0.6) is 0 Å². The minimum atomic E-state index is -0.427. The van der Waals surface area contributed by atoms with Crippen LogP contribution in [0.4, 0.5) is 0 Å². The van der Waals surface area contributed by atoms with Crippen molar-refractivity contribution in [2.45, 2.75) is 64.6 Å². The molecule has 0 heterocycles. The lowest BCUT2D eigenvalue weighted by molar-refractivity contribution is 0.0150. The van der Waals surface area contributed by atoms with Crippen LogP contribution in [0.2, 0.25) is 0 Å². The van der Waals surface area contributed by atoms with Crippen LogP contribution in [0.15, 0.2) is 0 Å². The van der Waals surface area contributed by atoms with Gasteiger partial charge in [0.05, 0.1) is 18.8 Å². The molecule has 0 aromatic carbocycles. The molecular weight excluding hydrogens is 254 g/mol. The third-order valence-electron chi connectivity index (χ3n) is 4.23. The van der Waals surface area contributed by atoms with Crippen molar-refractivity contribution >= 4 is 0 Å². The van der Waals surface area contributed by atoms with Gasteiger partial charge in [-0.05, 0) is 37.6 Å². The molecular formula is C16H33NO3. The van der Waals surface area contributed by atoms with Gasteiger partial charge in [-0.15, -0.1) is 0 Å². The van der Waals surface area contributed by atoms with Gasteiger partial charge >= 0.3 is 0 Å². The zero-order valence-corrected chi connectivity index (χ0v) is 13.2. The summed E-state index contributed by atoms with van der Waals surface area (Å²) in [5.41, 5.74) is 0. The van der Waals surface area contributed by atoms with E-state index in [0.29, 0.717) is 25.0 Å². The first-order valence-corrected chi connectivity index (χ1v) is 8.30. The van der Waals surface area contributed by atoms with Crippen LogP contribution in [0, 0.1) is 11.8 Å². The molecule has 0 bridgehead atoms. The molecule has 0 saturated heterocycles. The van der Waals surface area contributed by atoms with Gasteiger partial charge < -0.3 is 20.3 Å². The fourth-order valence-corrected chi connectivity index (χ4v) is 2.65. The Kier molecular flexibility index (Phi) is 9.44. The van der Waals surface area contributed by atoms with E-state index < -0.39 is 6.10 Å². The fourth-order valence-electron chi connectivity index (χ4n) is 2.65. The van der Waals surface area contributed by atoms with Gasteiger partial charge in [-0.1, -0.05) is 33.1 Å². The van der Waals surface area contributed by atoms with Gasteiger partial charge in [0, 0.05) is 13.2 Å². The van der Waals surface area contributed by atoms with Gasteiger partial charge in [0.1, 0.15) is 0 Å². The third kappa shape index (κ3) is 7.58. The van der Waals surface area contributed by atoms with Crippen LogP contribution in [0.25, 0.3) is 0 Å². The van der Waals surface area contributed by atoms with Crippen molar-refractivity contribution < 1.29 is 14.9 Å². The van der Waals surface area contributed by atoms with E-state index in [1.807, 2.05) is 0 Å². The van der Waals surface area contributed by atoms with Crippen molar-refractivity contribution in [2.24, 2.45) is 11.8 Å². The average Bonchev–Trinajstić information content (AvgIpc) is 2.40. The summed E-state index contributed by atoms with van der Waals surface area (Å²) in [4.78, 5) is 0. The maximum atomic E-state index is 9.83. The fraction of sp³-hybridized carbons (Fsp3) is 1.00. The van der Waals surface area contributed by atoms with E-state index in [2.05, 4.69) is 19.2 Å². The molecule has 1 fully saturated rings. The van der Waals surface area contributed by atoms with Gasteiger partial charge in [0.2, 0.25) is 0 Å². The molecule has 1 aliphatic carbocycles. The molecule has 0 spiro atoms. The molecule has 4 heteroatoms. The second kappa shape index (κ2) is 10.6. The lowest BCUT2D eigenvalue weighted by atomic mass is 9.82. The summed E-state index contributed by atoms with van der Waals surface area (Å²) in [6.45, 7) is 7.07. The molecule has 2 unspecified atom stereocenters. The van der Waals surface area contributed by atoms with E-state index in [1.54, 1.807) is 0 Å². The van der Waals surface area contributed by atoms with Gasteiger partial charge in [0.15, 0.2) is 0 Å². The van der Waals surface area contributed by atoms with Gasteiger partial charge in [0.25, 0.3) is 0 Å². The second-order valence-corrected chi connectivity index (χ2v) is 6.26. The number of aliphatic hydroxyl groups excluding tert-OH is 2. The first-order valence-electron chi connectivity index (χ1n) is 8.30. The molecule has 120 valence electrons. The molecule has 0 amide bonds. The van der Waals surface area contributed by atoms with Crippen molar-refractivity contribution in [2.75, 3.05) is 26.3 Å². The molecule has 0 radical (unpaired) electrons. The number of nitrogens with one attached hydrogen (secondary N) is 1. The Balaban J connectivity index is 1.94. The Morgan fingerprint density at radius 3 is 2.60 bits per heavy atom. The highest BCUT2D eigenvalue weighted by atomic mass is 16.5. The van der Waals surface area contributed by atoms with Crippen LogP contribution in [0.3, 0.4) is 0 Å². The van der Waals surface area contributed by atoms with Crippen LogP contribution in [-0.4, -0.2) is 48.7 Å². The van der Waals surface area contributed by atoms with Crippen molar-refractivity contribution in [3.8, 4) is 0 Å². The standard InChI is InChI=1S/C16H33NO3/c1-3-5-6-13(4-2)11-20-12-16(19)10-17-9-14-7-15(18)8-14/h13-19H,3-12H2,1-2H3. The third-order valence-corrected chi connectivity index (χ3v) is 4.23. The summed E-state index contributed by atoms with van der Waals surface area (Å²) >= 11 is 0. The summed E-state index contributed by atoms with van der Waals surface area (Å²) < 4.78 is 5.63. The molecule has 0 aliphatic heterocycles. The van der Waals surface area contributed by atoms with E-state index >= 15 is 0 Å². The Morgan fingerprint density at radius 1 is 1.25 bits per heavy atom. The normalized spacial score (nSPS) is 25.2. The number of rotatable bonds is 12. The predicted molar refractivity (Wildman–Crippen MR) is 81.7 cm³/mol. The molecule has 4 nitrogen and oxygen atoms in total. The SMILES string of the molecule is CCCCC(CC)COCC(O)CNCC1CC(O)C1. The maximum absolute atomic E-state index is 9.83. The molecule has 0 aromatic rings. The Hall–Kier alpha value is -0.160. The van der Waals surface area contributed by atoms with Gasteiger partial charge in [-0.3, -0.25) is 0 Å². The molecule has 2 atom stereocenters. The second-order valence-electron chi connectivity index (χ2n) is 6.26. The number of ether oxygens (including phenoxy) is 1. The quantitative estimate of drug-likeness (QED) is 0.513. The Labute approximate surface area is 123 Å². The molecule has 1 rings (SSSR count). The Bertz CT molecular complexity index is 232. The first-order chi connectivity index (χ1) is 9.65. The number of aliphatic hydroxyl groups is 2. The highest BCUT2D eigenvalue weighted by Crippen LogP contribution is 2.25. The summed E-state index contributed by atoms with van der Waals surface area (Å²) in [5, 5.41) is 22.3. The molecule has 3 N–H and O–H groups in total. The summed E-state index contributed by atoms with van der Waals surface area (Å²) in [7, 11) is 0. The van der Waals surface area contributed by atoms with E-state index in [1.165, 1.54) is 19.3 Å². The molecule has 1 aliphatic rings. The van der Waals surface area contributed by atoms with Crippen LogP contribution in [-0.2, 0) is 4.74 Å². The van der Waals surface area contributed by atoms with Crippen LogP contribution < -0.4 is 5.32 Å². The summed E-state index contributed by atoms with van der Waals surface area (Å²) in [6.07, 6.45) is 6.15. The summed E-state index contributed by atoms with van der Waals surface area (Å²) in [5.74, 6) is 1.21. The zero-order chi connectivity index (χ0) is 14.8. The minimum absolute atomic E-state index is 0.0934. The topological polar surface area (TPSA) is 61.7 Å². The number of hydrogen-bond donors (Lipinski definition) is 3. The van der Waals surface area contributed by atoms with Crippen molar-refractivity contribution in [1.82, 2.24) is 5.32 Å². The number of hydrogen-bond acceptors (Lipinski definition) is 4. The first kappa shape index (κ1) is 17.9. The highest BCUT2D eigenvalue weighted by molar-refractivity contribution is 4.80. The van der Waals surface area contributed by atoms with Gasteiger partial charge in [-0.2, -0.15) is 0 Å². The number of unbranched alkanes of at least 4 members (excludes halogenated alkanes) is 1. The predicted octanol–water partition coefficient (Wildman–Crippen LogP) is 1.94. The molecule has 20 heavy (non-hydrogen) atoms. The average molecular weight is 287 g/mol. The monoisotopic (exact) mass is 287 g/mol. The van der Waals surface area contributed by atoms with E-state index in [0.717, 1.165) is 32.4 Å². The zero-order valence-electron chi connectivity index (χ0n) is 13.2. The van der Waals surface area contributed by atoms with E-state index in [4.69, 9.17) is 4.74 Å². The maximum Gasteiger partial charge on any atom is 0.0897 e. The minimum Gasteiger partial charge on any atom is -0.393 e. The van der Waals surface area contributed by atoms with E-state index in [-0.39, 0.29) is 6.10 Å². The lowest BCUT2D eigenvalue weighted by Gasteiger charge is -2.31. The van der Waals surface area contributed by atoms with Crippen molar-refractivity contribution in [3.05, 3.63) is 0 Å². The van der Waals surface area contributed by atoms with Crippen LogP contribution in [0.1, 0.15) is 52.4 Å². The molecule has 0 aromatic heterocycles.